The molecular weight excluding hydrogens is 377 g/mol. The zero-order chi connectivity index (χ0) is 19.8. The van der Waals surface area contributed by atoms with Gasteiger partial charge in [-0.25, -0.2) is 12.8 Å². The normalized spacial score (nSPS) is 25.7. The van der Waals surface area contributed by atoms with E-state index in [0.717, 1.165) is 35.7 Å². The molecule has 1 saturated heterocycles. The quantitative estimate of drug-likeness (QED) is 0.705. The topological polar surface area (TPSA) is 82.1 Å². The third-order valence-corrected chi connectivity index (χ3v) is 7.44. The molecule has 0 bridgehead atoms. The SMILES string of the molecule is COC(=O)C1CC2CCCCC2N1S(=O)(=O)c1cc(OC)c(OC)cc1F. The van der Waals surface area contributed by atoms with Crippen LogP contribution < -0.4 is 9.47 Å². The van der Waals surface area contributed by atoms with Crippen molar-refractivity contribution in [3.05, 3.63) is 17.9 Å². The molecule has 1 aliphatic heterocycles. The molecule has 0 spiro atoms. The molecule has 9 heteroatoms. The molecule has 150 valence electrons. The van der Waals surface area contributed by atoms with Crippen molar-refractivity contribution in [2.24, 2.45) is 5.92 Å². The summed E-state index contributed by atoms with van der Waals surface area (Å²) in [5.74, 6) is -1.30. The highest BCUT2D eigenvalue weighted by Crippen LogP contribution is 2.44. The highest BCUT2D eigenvalue weighted by molar-refractivity contribution is 7.89. The van der Waals surface area contributed by atoms with Gasteiger partial charge in [-0.1, -0.05) is 12.8 Å². The number of esters is 1. The smallest absolute Gasteiger partial charge is 0.324 e. The Morgan fingerprint density at radius 3 is 2.37 bits per heavy atom. The molecule has 2 fully saturated rings. The largest absolute Gasteiger partial charge is 0.493 e. The van der Waals surface area contributed by atoms with Gasteiger partial charge in [0.1, 0.15) is 16.8 Å². The second kappa shape index (κ2) is 7.63. The molecule has 27 heavy (non-hydrogen) atoms. The van der Waals surface area contributed by atoms with Crippen LogP contribution in [-0.4, -0.2) is 52.1 Å². The van der Waals surface area contributed by atoms with Crippen molar-refractivity contribution in [1.82, 2.24) is 4.31 Å². The zero-order valence-electron chi connectivity index (χ0n) is 15.6. The fourth-order valence-electron chi connectivity index (χ4n) is 4.25. The predicted molar refractivity (Wildman–Crippen MR) is 94.7 cm³/mol. The number of benzene rings is 1. The van der Waals surface area contributed by atoms with Gasteiger partial charge in [-0.15, -0.1) is 0 Å². The van der Waals surface area contributed by atoms with Crippen LogP contribution in [0, 0.1) is 11.7 Å². The summed E-state index contributed by atoms with van der Waals surface area (Å²) in [6.45, 7) is 0. The molecule has 7 nitrogen and oxygen atoms in total. The summed E-state index contributed by atoms with van der Waals surface area (Å²) in [5.41, 5.74) is 0. The molecule has 0 radical (unpaired) electrons. The Morgan fingerprint density at radius 1 is 1.11 bits per heavy atom. The van der Waals surface area contributed by atoms with Crippen LogP contribution in [0.1, 0.15) is 32.1 Å². The molecule has 0 aromatic heterocycles. The number of rotatable bonds is 5. The average Bonchev–Trinajstić information content (AvgIpc) is 3.07. The minimum atomic E-state index is -4.28. The van der Waals surface area contributed by atoms with Gasteiger partial charge < -0.3 is 14.2 Å². The highest BCUT2D eigenvalue weighted by Gasteiger charge is 2.52. The summed E-state index contributed by atoms with van der Waals surface area (Å²) >= 11 is 0. The molecular formula is C18H24FNO6S. The van der Waals surface area contributed by atoms with Crippen LogP contribution in [0.15, 0.2) is 17.0 Å². The van der Waals surface area contributed by atoms with Crippen molar-refractivity contribution in [2.45, 2.75) is 49.1 Å². The van der Waals surface area contributed by atoms with Crippen molar-refractivity contribution >= 4 is 16.0 Å². The van der Waals surface area contributed by atoms with Crippen molar-refractivity contribution < 1.29 is 31.8 Å². The molecule has 0 amide bonds. The molecule has 1 aromatic carbocycles. The molecule has 1 aliphatic carbocycles. The third-order valence-electron chi connectivity index (χ3n) is 5.50. The summed E-state index contributed by atoms with van der Waals surface area (Å²) in [7, 11) is -0.369. The Balaban J connectivity index is 2.10. The lowest BCUT2D eigenvalue weighted by Crippen LogP contribution is -2.46. The van der Waals surface area contributed by atoms with Gasteiger partial charge in [-0.3, -0.25) is 4.79 Å². The van der Waals surface area contributed by atoms with Gasteiger partial charge in [0.15, 0.2) is 11.5 Å². The fraction of sp³-hybridized carbons (Fsp3) is 0.611. The fourth-order valence-corrected chi connectivity index (χ4v) is 6.18. The summed E-state index contributed by atoms with van der Waals surface area (Å²) in [6.07, 6.45) is 3.75. The van der Waals surface area contributed by atoms with Gasteiger partial charge in [0.2, 0.25) is 10.0 Å². The average molecular weight is 401 g/mol. The van der Waals surface area contributed by atoms with Crippen molar-refractivity contribution in [1.29, 1.82) is 0 Å². The first-order valence-electron chi connectivity index (χ1n) is 8.88. The van der Waals surface area contributed by atoms with E-state index in [-0.39, 0.29) is 23.5 Å². The highest BCUT2D eigenvalue weighted by atomic mass is 32.2. The van der Waals surface area contributed by atoms with Gasteiger partial charge in [-0.2, -0.15) is 4.31 Å². The summed E-state index contributed by atoms with van der Waals surface area (Å²) < 4.78 is 57.6. The van der Waals surface area contributed by atoms with E-state index >= 15 is 0 Å². The lowest BCUT2D eigenvalue weighted by Gasteiger charge is -2.32. The van der Waals surface area contributed by atoms with Crippen LogP contribution in [0.2, 0.25) is 0 Å². The van der Waals surface area contributed by atoms with E-state index in [2.05, 4.69) is 0 Å². The third kappa shape index (κ3) is 3.38. The maximum atomic E-state index is 14.7. The number of carbonyl (C=O) groups is 1. The Bertz CT molecular complexity index is 827. The first-order valence-corrected chi connectivity index (χ1v) is 10.3. The summed E-state index contributed by atoms with van der Waals surface area (Å²) in [4.78, 5) is 11.8. The minimum Gasteiger partial charge on any atom is -0.493 e. The molecule has 3 rings (SSSR count). The number of fused-ring (bicyclic) bond motifs is 1. The van der Waals surface area contributed by atoms with Gasteiger partial charge in [0.25, 0.3) is 0 Å². The maximum absolute atomic E-state index is 14.7. The van der Waals surface area contributed by atoms with Crippen LogP contribution >= 0.6 is 0 Å². The Kier molecular flexibility index (Phi) is 5.62. The van der Waals surface area contributed by atoms with Gasteiger partial charge >= 0.3 is 5.97 Å². The van der Waals surface area contributed by atoms with E-state index in [1.807, 2.05) is 0 Å². The molecule has 3 unspecified atom stereocenters. The molecule has 1 heterocycles. The summed E-state index contributed by atoms with van der Waals surface area (Å²) in [6, 6.07) is 0.808. The Morgan fingerprint density at radius 2 is 1.74 bits per heavy atom. The lowest BCUT2D eigenvalue weighted by atomic mass is 9.85. The number of hydrogen-bond acceptors (Lipinski definition) is 6. The van der Waals surface area contributed by atoms with Crippen LogP contribution in [0.3, 0.4) is 0 Å². The van der Waals surface area contributed by atoms with E-state index in [0.29, 0.717) is 12.8 Å². The molecule has 3 atom stereocenters. The van der Waals surface area contributed by atoms with E-state index < -0.39 is 32.7 Å². The van der Waals surface area contributed by atoms with E-state index in [9.17, 15) is 17.6 Å². The number of halogens is 1. The molecule has 1 saturated carbocycles. The first-order chi connectivity index (χ1) is 12.8. The second-order valence-electron chi connectivity index (χ2n) is 6.86. The van der Waals surface area contributed by atoms with Crippen LogP contribution in [0.5, 0.6) is 11.5 Å². The predicted octanol–water partition coefficient (Wildman–Crippen LogP) is 2.34. The number of methoxy groups -OCH3 is 3. The van der Waals surface area contributed by atoms with Crippen molar-refractivity contribution in [3.8, 4) is 11.5 Å². The molecule has 2 aliphatic rings. The Labute approximate surface area is 158 Å². The lowest BCUT2D eigenvalue weighted by molar-refractivity contribution is -0.144. The maximum Gasteiger partial charge on any atom is 0.324 e. The van der Waals surface area contributed by atoms with Gasteiger partial charge in [0, 0.05) is 18.2 Å². The van der Waals surface area contributed by atoms with Gasteiger partial charge in [-0.05, 0) is 25.2 Å². The van der Waals surface area contributed by atoms with Crippen LogP contribution in [0.25, 0.3) is 0 Å². The number of hydrogen-bond donors (Lipinski definition) is 0. The monoisotopic (exact) mass is 401 g/mol. The van der Waals surface area contributed by atoms with E-state index in [1.54, 1.807) is 0 Å². The van der Waals surface area contributed by atoms with E-state index in [1.165, 1.54) is 21.3 Å². The zero-order valence-corrected chi connectivity index (χ0v) is 16.4. The number of ether oxygens (including phenoxy) is 3. The number of carbonyl (C=O) groups excluding carboxylic acids is 1. The van der Waals surface area contributed by atoms with Gasteiger partial charge in [0.05, 0.1) is 21.3 Å². The first kappa shape index (κ1) is 19.9. The number of sulfonamides is 1. The van der Waals surface area contributed by atoms with Crippen LogP contribution in [0.4, 0.5) is 4.39 Å². The molecule has 1 aromatic rings. The number of nitrogens with zero attached hydrogens (tertiary/aromatic N) is 1. The van der Waals surface area contributed by atoms with E-state index in [4.69, 9.17) is 14.2 Å². The minimum absolute atomic E-state index is 0.0702. The molecule has 0 N–H and O–H groups in total. The van der Waals surface area contributed by atoms with Crippen molar-refractivity contribution in [3.63, 3.8) is 0 Å². The van der Waals surface area contributed by atoms with Crippen molar-refractivity contribution in [2.75, 3.05) is 21.3 Å². The standard InChI is InChI=1S/C18H24FNO6S/c1-24-15-9-12(19)17(10-16(15)25-2)27(22,23)20-13-7-5-4-6-11(13)8-14(20)18(21)26-3/h9-11,13-14H,4-8H2,1-3H3. The van der Waals surface area contributed by atoms with Crippen LogP contribution in [-0.2, 0) is 19.6 Å². The second-order valence-corrected chi connectivity index (χ2v) is 8.67. The summed E-state index contributed by atoms with van der Waals surface area (Å²) in [5, 5.41) is 0. The Hall–Kier alpha value is -1.87.